The second kappa shape index (κ2) is 16.9. The molecule has 4 aromatic rings. The van der Waals surface area contributed by atoms with Crippen LogP contribution in [-0.2, 0) is 25.7 Å². The normalized spacial score (nSPS) is 17.6. The maximum Gasteiger partial charge on any atom is 0.251 e. The SMILES string of the molecule is Nc1ccccc1NC(=O)CCCCCC(=O)Nc1cccc([C@@H]2O[C@H](CSc3cccc[n+]3[O-])C[C@H](c3ccc(CO)cc3)O2)c1. The summed E-state index contributed by atoms with van der Waals surface area (Å²) < 4.78 is 13.7. The van der Waals surface area contributed by atoms with E-state index in [1.165, 1.54) is 18.0 Å². The number of amides is 2. The van der Waals surface area contributed by atoms with Crippen LogP contribution in [0.2, 0.25) is 0 Å². The van der Waals surface area contributed by atoms with Crippen LogP contribution in [0.3, 0.4) is 0 Å². The monoisotopic (exact) mass is 656 g/mol. The number of nitrogens with zero attached hydrogens (tertiary/aromatic N) is 1. The Kier molecular flexibility index (Phi) is 12.2. The number of carbonyl (C=O) groups is 2. The Hall–Kier alpha value is -4.42. The van der Waals surface area contributed by atoms with Gasteiger partial charge in [-0.3, -0.25) is 9.59 Å². The molecule has 5 N–H and O–H groups in total. The van der Waals surface area contributed by atoms with Crippen LogP contribution in [0.5, 0.6) is 0 Å². The molecular weight excluding hydrogens is 616 g/mol. The largest absolute Gasteiger partial charge is 0.618 e. The minimum Gasteiger partial charge on any atom is -0.618 e. The third-order valence-electron chi connectivity index (χ3n) is 7.81. The maximum absolute atomic E-state index is 12.7. The molecule has 0 radical (unpaired) electrons. The van der Waals surface area contributed by atoms with Gasteiger partial charge in [0.05, 0.1) is 30.2 Å². The van der Waals surface area contributed by atoms with Crippen molar-refractivity contribution in [2.45, 2.75) is 68.7 Å². The number of aliphatic hydroxyl groups is 1. The van der Waals surface area contributed by atoms with Gasteiger partial charge in [-0.2, -0.15) is 4.73 Å². The lowest BCUT2D eigenvalue weighted by molar-refractivity contribution is -0.645. The molecule has 0 bridgehead atoms. The van der Waals surface area contributed by atoms with Gasteiger partial charge in [0.15, 0.2) is 12.5 Å². The molecule has 1 aliphatic heterocycles. The smallest absolute Gasteiger partial charge is 0.251 e. The fourth-order valence-electron chi connectivity index (χ4n) is 5.28. The highest BCUT2D eigenvalue weighted by Gasteiger charge is 2.33. The molecule has 2 amide bonds. The first-order chi connectivity index (χ1) is 22.9. The van der Waals surface area contributed by atoms with Gasteiger partial charge in [0.2, 0.25) is 11.8 Å². The molecule has 0 unspecified atom stereocenters. The van der Waals surface area contributed by atoms with E-state index in [2.05, 4.69) is 10.6 Å². The van der Waals surface area contributed by atoms with E-state index in [4.69, 9.17) is 15.2 Å². The molecule has 1 fully saturated rings. The van der Waals surface area contributed by atoms with Gasteiger partial charge in [-0.15, -0.1) is 0 Å². The lowest BCUT2D eigenvalue weighted by Gasteiger charge is -2.36. The van der Waals surface area contributed by atoms with Crippen molar-refractivity contribution in [3.05, 3.63) is 119 Å². The van der Waals surface area contributed by atoms with Crippen molar-refractivity contribution in [3.63, 3.8) is 0 Å². The summed E-state index contributed by atoms with van der Waals surface area (Å²) in [5, 5.41) is 28.1. The summed E-state index contributed by atoms with van der Waals surface area (Å²) in [4.78, 5) is 25.0. The van der Waals surface area contributed by atoms with Crippen molar-refractivity contribution in [2.75, 3.05) is 22.1 Å². The number of para-hydroxylation sites is 2. The number of nitrogens with two attached hydrogens (primary N) is 1. The van der Waals surface area contributed by atoms with Crippen LogP contribution in [0.25, 0.3) is 0 Å². The first kappa shape index (κ1) is 33.9. The summed E-state index contributed by atoms with van der Waals surface area (Å²) in [6.45, 7) is -0.0383. The van der Waals surface area contributed by atoms with E-state index in [1.807, 2.05) is 66.7 Å². The topological polar surface area (TPSA) is 150 Å². The van der Waals surface area contributed by atoms with E-state index in [0.717, 1.165) is 27.8 Å². The molecule has 0 saturated carbocycles. The Morgan fingerprint density at radius 1 is 0.872 bits per heavy atom. The zero-order valence-corrected chi connectivity index (χ0v) is 26.9. The van der Waals surface area contributed by atoms with Gasteiger partial charge in [0, 0.05) is 48.4 Å². The zero-order valence-electron chi connectivity index (χ0n) is 26.0. The molecular formula is C36H40N4O6S. The number of pyridine rings is 1. The van der Waals surface area contributed by atoms with Gasteiger partial charge in [0.1, 0.15) is 0 Å². The highest BCUT2D eigenvalue weighted by atomic mass is 32.2. The predicted molar refractivity (Wildman–Crippen MR) is 182 cm³/mol. The third kappa shape index (κ3) is 10.0. The molecule has 47 heavy (non-hydrogen) atoms. The summed E-state index contributed by atoms with van der Waals surface area (Å²) in [5.41, 5.74) is 10.2. The molecule has 2 heterocycles. The molecule has 1 saturated heterocycles. The van der Waals surface area contributed by atoms with Crippen LogP contribution in [0, 0.1) is 5.21 Å². The van der Waals surface area contributed by atoms with Crippen LogP contribution in [0.4, 0.5) is 17.1 Å². The van der Waals surface area contributed by atoms with Crippen molar-refractivity contribution in [1.82, 2.24) is 0 Å². The first-order valence-corrected chi connectivity index (χ1v) is 16.7. The summed E-state index contributed by atoms with van der Waals surface area (Å²) >= 11 is 1.43. The number of hydrogen-bond donors (Lipinski definition) is 4. The van der Waals surface area contributed by atoms with Gasteiger partial charge in [0.25, 0.3) is 5.03 Å². The molecule has 1 aromatic heterocycles. The van der Waals surface area contributed by atoms with E-state index in [0.29, 0.717) is 59.9 Å². The van der Waals surface area contributed by atoms with E-state index in [1.54, 1.807) is 24.3 Å². The maximum atomic E-state index is 12.7. The van der Waals surface area contributed by atoms with Gasteiger partial charge < -0.3 is 36.2 Å². The predicted octanol–water partition coefficient (Wildman–Crippen LogP) is 6.26. The molecule has 246 valence electrons. The summed E-state index contributed by atoms with van der Waals surface area (Å²) in [7, 11) is 0. The number of nitrogen functional groups attached to an aromatic ring is 1. The van der Waals surface area contributed by atoms with Crippen molar-refractivity contribution >= 4 is 40.6 Å². The highest BCUT2D eigenvalue weighted by Crippen LogP contribution is 2.39. The number of benzene rings is 3. The first-order valence-electron chi connectivity index (χ1n) is 15.7. The van der Waals surface area contributed by atoms with E-state index >= 15 is 0 Å². The molecule has 3 atom stereocenters. The second-order valence-electron chi connectivity index (χ2n) is 11.4. The van der Waals surface area contributed by atoms with Crippen LogP contribution in [0.15, 0.2) is 102 Å². The van der Waals surface area contributed by atoms with Gasteiger partial charge in [-0.25, -0.2) is 0 Å². The Bertz CT molecular complexity index is 1640. The summed E-state index contributed by atoms with van der Waals surface area (Å²) in [6.07, 6.45) is 3.63. The Labute approximate surface area is 278 Å². The van der Waals surface area contributed by atoms with Crippen molar-refractivity contribution < 1.29 is 28.9 Å². The second-order valence-corrected chi connectivity index (χ2v) is 12.4. The molecule has 0 aliphatic carbocycles. The summed E-state index contributed by atoms with van der Waals surface area (Å²) in [6, 6.07) is 27.5. The molecule has 10 nitrogen and oxygen atoms in total. The van der Waals surface area contributed by atoms with E-state index in [-0.39, 0.29) is 30.6 Å². The fraction of sp³-hybridized carbons (Fsp3) is 0.306. The lowest BCUT2D eigenvalue weighted by Crippen LogP contribution is -2.32. The van der Waals surface area contributed by atoms with Gasteiger partial charge in [-0.05, 0) is 54.3 Å². The Balaban J connectivity index is 1.15. The molecule has 5 rings (SSSR count). The Morgan fingerprint density at radius 3 is 2.36 bits per heavy atom. The van der Waals surface area contributed by atoms with Crippen LogP contribution < -0.4 is 21.1 Å². The molecule has 1 aliphatic rings. The number of carbonyl (C=O) groups excluding carboxylic acids is 2. The number of rotatable bonds is 14. The van der Waals surface area contributed by atoms with E-state index in [9.17, 15) is 19.9 Å². The van der Waals surface area contributed by atoms with E-state index < -0.39 is 6.29 Å². The number of ether oxygens (including phenoxy) is 2. The summed E-state index contributed by atoms with van der Waals surface area (Å²) in [5.74, 6) is 0.338. The van der Waals surface area contributed by atoms with Gasteiger partial charge in [-0.1, -0.05) is 66.7 Å². The molecule has 11 heteroatoms. The highest BCUT2D eigenvalue weighted by molar-refractivity contribution is 7.99. The quantitative estimate of drug-likeness (QED) is 0.0409. The average Bonchev–Trinajstić information content (AvgIpc) is 3.09. The third-order valence-corrected chi connectivity index (χ3v) is 8.96. The number of unbranched alkanes of at least 4 members (excludes halogenated alkanes) is 2. The van der Waals surface area contributed by atoms with Crippen LogP contribution >= 0.6 is 11.8 Å². The van der Waals surface area contributed by atoms with Gasteiger partial charge >= 0.3 is 0 Å². The molecule has 3 aromatic carbocycles. The van der Waals surface area contributed by atoms with Crippen molar-refractivity contribution in [1.29, 1.82) is 0 Å². The standard InChI is InChI=1S/C36H40N4O6S/c37-30-11-4-5-12-31(30)39-34(43)14-3-1-2-13-33(42)38-28-10-8-9-27(21-28)36-45-29(24-47-35-15-6-7-20-40(35)44)22-32(46-36)26-18-16-25(23-41)17-19-26/h4-12,15-21,29,32,36,41H,1-3,13-14,22-24,37H2,(H,38,42)(H,39,43)/t29-,32+,36+/m0/s1. The van der Waals surface area contributed by atoms with Crippen LogP contribution in [0.1, 0.15) is 67.6 Å². The minimum atomic E-state index is -0.693. The number of aromatic nitrogens is 1. The van der Waals surface area contributed by atoms with Crippen LogP contribution in [-0.4, -0.2) is 28.8 Å². The lowest BCUT2D eigenvalue weighted by atomic mass is 10.0. The number of aliphatic hydroxyl groups excluding tert-OH is 1. The zero-order chi connectivity index (χ0) is 33.0. The van der Waals surface area contributed by atoms with Crippen molar-refractivity contribution in [3.8, 4) is 0 Å². The number of thioether (sulfide) groups is 1. The average molecular weight is 657 g/mol. The fourth-order valence-corrected chi connectivity index (χ4v) is 6.22. The number of hydrogen-bond acceptors (Lipinski definition) is 8. The number of nitrogens with one attached hydrogen (secondary N) is 2. The number of anilines is 3. The van der Waals surface area contributed by atoms with Crippen molar-refractivity contribution in [2.24, 2.45) is 0 Å². The molecule has 0 spiro atoms. The minimum absolute atomic E-state index is 0.0383. The Morgan fingerprint density at radius 2 is 1.62 bits per heavy atom.